The highest BCUT2D eigenvalue weighted by Crippen LogP contribution is 2.27. The minimum atomic E-state index is -1.31. The smallest absolute Gasteiger partial charge is 0.330 e. The SMILES string of the molecule is COC(=O)C(C)(NCCCN=[N+]=[N-])c1ccc(Br)cc1F. The number of nitrogens with zero attached hydrogens (tertiary/aromatic N) is 3. The maximum atomic E-state index is 14.1. The molecule has 1 N–H and O–H groups in total. The molecule has 21 heavy (non-hydrogen) atoms. The monoisotopic (exact) mass is 358 g/mol. The molecule has 0 amide bonds. The number of benzene rings is 1. The molecule has 0 bridgehead atoms. The van der Waals surface area contributed by atoms with E-state index < -0.39 is 17.3 Å². The number of ether oxygens (including phenoxy) is 1. The Labute approximate surface area is 130 Å². The van der Waals surface area contributed by atoms with Crippen molar-refractivity contribution in [3.05, 3.63) is 44.5 Å². The lowest BCUT2D eigenvalue weighted by Crippen LogP contribution is -2.48. The maximum Gasteiger partial charge on any atom is 0.330 e. The molecule has 0 saturated carbocycles. The van der Waals surface area contributed by atoms with Crippen molar-refractivity contribution in [3.8, 4) is 0 Å². The van der Waals surface area contributed by atoms with Crippen LogP contribution in [0.25, 0.3) is 10.4 Å². The highest BCUT2D eigenvalue weighted by Gasteiger charge is 2.38. The van der Waals surface area contributed by atoms with Crippen LogP contribution >= 0.6 is 15.9 Å². The van der Waals surface area contributed by atoms with Gasteiger partial charge in [-0.2, -0.15) is 0 Å². The van der Waals surface area contributed by atoms with Crippen molar-refractivity contribution in [1.82, 2.24) is 5.32 Å². The van der Waals surface area contributed by atoms with Gasteiger partial charge in [0.05, 0.1) is 7.11 Å². The highest BCUT2D eigenvalue weighted by molar-refractivity contribution is 9.10. The summed E-state index contributed by atoms with van der Waals surface area (Å²) in [6.45, 7) is 2.22. The minimum absolute atomic E-state index is 0.196. The predicted octanol–water partition coefficient (Wildman–Crippen LogP) is 3.27. The molecule has 0 heterocycles. The minimum Gasteiger partial charge on any atom is -0.467 e. The quantitative estimate of drug-likeness (QED) is 0.266. The van der Waals surface area contributed by atoms with Gasteiger partial charge < -0.3 is 4.74 Å². The highest BCUT2D eigenvalue weighted by atomic mass is 79.9. The molecule has 1 atom stereocenters. The van der Waals surface area contributed by atoms with E-state index >= 15 is 0 Å². The molecule has 0 saturated heterocycles. The molecule has 1 aromatic carbocycles. The first-order chi connectivity index (χ1) is 9.95. The molecular weight excluding hydrogens is 343 g/mol. The van der Waals surface area contributed by atoms with E-state index in [0.717, 1.165) is 0 Å². The molecule has 0 aliphatic carbocycles. The molecule has 0 fully saturated rings. The summed E-state index contributed by atoms with van der Waals surface area (Å²) in [6.07, 6.45) is 0.523. The number of azide groups is 1. The molecule has 0 spiro atoms. The molecule has 0 aromatic heterocycles. The summed E-state index contributed by atoms with van der Waals surface area (Å²) in [7, 11) is 1.25. The standard InChI is InChI=1S/C13H16BrFN4O2/c1-13(12(20)21-2,17-6-3-7-18-19-16)10-5-4-9(14)8-11(10)15/h4-5,8,17H,3,6-7H2,1-2H3. The fourth-order valence-corrected chi connectivity index (χ4v) is 2.24. The van der Waals surface area contributed by atoms with E-state index in [-0.39, 0.29) is 5.56 Å². The Balaban J connectivity index is 2.97. The van der Waals surface area contributed by atoms with Crippen LogP contribution in [0.1, 0.15) is 18.9 Å². The second kappa shape index (κ2) is 7.97. The lowest BCUT2D eigenvalue weighted by Gasteiger charge is -2.29. The van der Waals surface area contributed by atoms with Crippen LogP contribution < -0.4 is 5.32 Å². The summed E-state index contributed by atoms with van der Waals surface area (Å²) in [5, 5.41) is 6.37. The van der Waals surface area contributed by atoms with Crippen molar-refractivity contribution in [2.24, 2.45) is 5.11 Å². The number of esters is 1. The fraction of sp³-hybridized carbons (Fsp3) is 0.462. The summed E-state index contributed by atoms with van der Waals surface area (Å²) in [4.78, 5) is 14.7. The van der Waals surface area contributed by atoms with Gasteiger partial charge in [0.1, 0.15) is 11.4 Å². The van der Waals surface area contributed by atoms with Crippen molar-refractivity contribution in [1.29, 1.82) is 0 Å². The summed E-state index contributed by atoms with van der Waals surface area (Å²) < 4.78 is 19.5. The van der Waals surface area contributed by atoms with E-state index in [0.29, 0.717) is 24.0 Å². The third-order valence-corrected chi connectivity index (χ3v) is 3.53. The van der Waals surface area contributed by atoms with Crippen LogP contribution in [-0.4, -0.2) is 26.2 Å². The molecule has 6 nitrogen and oxygen atoms in total. The maximum absolute atomic E-state index is 14.1. The van der Waals surface area contributed by atoms with Gasteiger partial charge in [-0.25, -0.2) is 9.18 Å². The van der Waals surface area contributed by atoms with E-state index in [2.05, 4.69) is 31.3 Å². The van der Waals surface area contributed by atoms with Crippen LogP contribution in [0.5, 0.6) is 0 Å². The summed E-state index contributed by atoms with van der Waals surface area (Å²) in [5.41, 5.74) is 7.09. The predicted molar refractivity (Wildman–Crippen MR) is 80.1 cm³/mol. The molecule has 8 heteroatoms. The Morgan fingerprint density at radius 1 is 1.62 bits per heavy atom. The van der Waals surface area contributed by atoms with Crippen LogP contribution in [0.2, 0.25) is 0 Å². The first-order valence-electron chi connectivity index (χ1n) is 6.25. The van der Waals surface area contributed by atoms with Crippen LogP contribution in [0, 0.1) is 5.82 Å². The van der Waals surface area contributed by atoms with Crippen molar-refractivity contribution in [3.63, 3.8) is 0 Å². The van der Waals surface area contributed by atoms with E-state index in [1.54, 1.807) is 13.0 Å². The third kappa shape index (κ3) is 4.42. The second-order valence-electron chi connectivity index (χ2n) is 4.48. The summed E-state index contributed by atoms with van der Waals surface area (Å²) >= 11 is 3.18. The van der Waals surface area contributed by atoms with Gasteiger partial charge in [-0.3, -0.25) is 5.32 Å². The number of rotatable bonds is 7. The Bertz CT molecular complexity index is 563. The first-order valence-corrected chi connectivity index (χ1v) is 7.05. The van der Waals surface area contributed by atoms with E-state index in [1.807, 2.05) is 0 Å². The van der Waals surface area contributed by atoms with E-state index in [1.165, 1.54) is 19.2 Å². The zero-order valence-electron chi connectivity index (χ0n) is 11.8. The van der Waals surface area contributed by atoms with Gasteiger partial charge in [0.25, 0.3) is 0 Å². The normalized spacial score (nSPS) is 13.1. The molecule has 1 aromatic rings. The zero-order chi connectivity index (χ0) is 15.9. The lowest BCUT2D eigenvalue weighted by molar-refractivity contribution is -0.148. The molecule has 0 radical (unpaired) electrons. The Hall–Kier alpha value is -1.63. The fourth-order valence-electron chi connectivity index (χ4n) is 1.91. The summed E-state index contributed by atoms with van der Waals surface area (Å²) in [6, 6.07) is 4.47. The number of methoxy groups -OCH3 is 1. The molecule has 1 rings (SSSR count). The van der Waals surface area contributed by atoms with Crippen LogP contribution in [0.3, 0.4) is 0 Å². The first kappa shape index (κ1) is 17.4. The van der Waals surface area contributed by atoms with E-state index in [9.17, 15) is 9.18 Å². The van der Waals surface area contributed by atoms with Gasteiger partial charge in [0.15, 0.2) is 0 Å². The van der Waals surface area contributed by atoms with Gasteiger partial charge in [0, 0.05) is 21.5 Å². The Morgan fingerprint density at radius 2 is 2.33 bits per heavy atom. The van der Waals surface area contributed by atoms with Crippen molar-refractivity contribution < 1.29 is 13.9 Å². The second-order valence-corrected chi connectivity index (χ2v) is 5.39. The number of carbonyl (C=O) groups excluding carboxylic acids is 1. The number of hydrogen-bond donors (Lipinski definition) is 1. The Kier molecular flexibility index (Phi) is 6.61. The average molecular weight is 359 g/mol. The molecule has 0 aliphatic heterocycles. The number of carbonyl (C=O) groups is 1. The topological polar surface area (TPSA) is 87.1 Å². The molecule has 1 unspecified atom stereocenters. The van der Waals surface area contributed by atoms with Crippen molar-refractivity contribution in [2.45, 2.75) is 18.9 Å². The molecule has 114 valence electrons. The number of nitrogens with one attached hydrogen (secondary N) is 1. The number of halogens is 2. The van der Waals surface area contributed by atoms with Gasteiger partial charge >= 0.3 is 5.97 Å². The van der Waals surface area contributed by atoms with Crippen molar-refractivity contribution >= 4 is 21.9 Å². The lowest BCUT2D eigenvalue weighted by atomic mass is 9.91. The van der Waals surface area contributed by atoms with Gasteiger partial charge in [-0.1, -0.05) is 27.1 Å². The van der Waals surface area contributed by atoms with E-state index in [4.69, 9.17) is 10.3 Å². The average Bonchev–Trinajstić information content (AvgIpc) is 2.45. The van der Waals surface area contributed by atoms with Crippen LogP contribution in [0.4, 0.5) is 4.39 Å². The third-order valence-electron chi connectivity index (χ3n) is 3.04. The van der Waals surface area contributed by atoms with Crippen molar-refractivity contribution in [2.75, 3.05) is 20.2 Å². The van der Waals surface area contributed by atoms with Crippen LogP contribution in [0.15, 0.2) is 27.8 Å². The molecule has 0 aliphatic rings. The summed E-state index contributed by atoms with van der Waals surface area (Å²) in [5.74, 6) is -1.10. The van der Waals surface area contributed by atoms with Gasteiger partial charge in [-0.05, 0) is 37.6 Å². The Morgan fingerprint density at radius 3 is 2.90 bits per heavy atom. The van der Waals surface area contributed by atoms with Crippen LogP contribution in [-0.2, 0) is 15.1 Å². The zero-order valence-corrected chi connectivity index (χ0v) is 13.4. The number of hydrogen-bond acceptors (Lipinski definition) is 4. The largest absolute Gasteiger partial charge is 0.467 e. The van der Waals surface area contributed by atoms with Gasteiger partial charge in [-0.15, -0.1) is 0 Å². The molecular formula is C13H16BrFN4O2. The van der Waals surface area contributed by atoms with Gasteiger partial charge in [0.2, 0.25) is 0 Å².